The van der Waals surface area contributed by atoms with E-state index in [-0.39, 0.29) is 5.91 Å². The number of aryl methyl sites for hydroxylation is 2. The van der Waals surface area contributed by atoms with Crippen LogP contribution in [0.1, 0.15) is 33.6 Å². The second-order valence-electron chi connectivity index (χ2n) is 7.76. The number of ether oxygens (including phenoxy) is 1. The fraction of sp³-hybridized carbons (Fsp3) is 0.231. The van der Waals surface area contributed by atoms with Crippen LogP contribution in [0.4, 0.5) is 0 Å². The Morgan fingerprint density at radius 2 is 1.81 bits per heavy atom. The molecule has 2 heterocycles. The minimum absolute atomic E-state index is 0.0329. The van der Waals surface area contributed by atoms with Crippen molar-refractivity contribution in [3.63, 3.8) is 0 Å². The Bertz CT molecular complexity index is 1170. The molecule has 4 rings (SSSR count). The molecule has 4 aromatic rings. The highest BCUT2D eigenvalue weighted by atomic mass is 16.5. The number of carbonyl (C=O) groups excluding carboxylic acids is 1. The number of pyridine rings is 1. The third-order valence-electron chi connectivity index (χ3n) is 5.37. The van der Waals surface area contributed by atoms with E-state index in [4.69, 9.17) is 4.74 Å². The van der Waals surface area contributed by atoms with Gasteiger partial charge in [-0.05, 0) is 49.1 Å². The molecule has 1 amide bonds. The van der Waals surface area contributed by atoms with Gasteiger partial charge in [0.15, 0.2) is 0 Å². The van der Waals surface area contributed by atoms with Gasteiger partial charge in [-0.15, -0.1) is 0 Å². The minimum Gasteiger partial charge on any atom is -0.486 e. The monoisotopic (exact) mass is 413 g/mol. The number of benzene rings is 2. The molecule has 0 aliphatic rings. The van der Waals surface area contributed by atoms with Gasteiger partial charge in [0.25, 0.3) is 5.91 Å². The van der Waals surface area contributed by atoms with Gasteiger partial charge in [-0.2, -0.15) is 0 Å². The summed E-state index contributed by atoms with van der Waals surface area (Å²) in [5, 5.41) is 0. The molecule has 0 fully saturated rings. The van der Waals surface area contributed by atoms with Crippen molar-refractivity contribution in [1.82, 2.24) is 14.3 Å². The molecule has 2 aromatic heterocycles. The summed E-state index contributed by atoms with van der Waals surface area (Å²) in [6.45, 7) is 3.03. The van der Waals surface area contributed by atoms with Gasteiger partial charge < -0.3 is 14.0 Å². The Morgan fingerprint density at radius 1 is 1.03 bits per heavy atom. The van der Waals surface area contributed by atoms with E-state index in [1.807, 2.05) is 85.4 Å². The quantitative estimate of drug-likeness (QED) is 0.412. The molecule has 0 saturated carbocycles. The molecule has 0 unspecified atom stereocenters. The van der Waals surface area contributed by atoms with Crippen molar-refractivity contribution >= 4 is 11.6 Å². The smallest absolute Gasteiger partial charge is 0.257 e. The maximum absolute atomic E-state index is 13.0. The van der Waals surface area contributed by atoms with Gasteiger partial charge in [0.05, 0.1) is 11.3 Å². The van der Waals surface area contributed by atoms with E-state index in [1.165, 1.54) is 5.56 Å². The number of carbonyl (C=O) groups is 1. The van der Waals surface area contributed by atoms with Crippen LogP contribution in [-0.4, -0.2) is 33.8 Å². The third-order valence-corrected chi connectivity index (χ3v) is 5.37. The van der Waals surface area contributed by atoms with Crippen molar-refractivity contribution in [1.29, 1.82) is 0 Å². The van der Waals surface area contributed by atoms with E-state index >= 15 is 0 Å². The first kappa shape index (κ1) is 20.7. The lowest BCUT2D eigenvalue weighted by Crippen LogP contribution is -2.28. The third kappa shape index (κ3) is 4.94. The average Bonchev–Trinajstić information content (AvgIpc) is 3.23. The molecule has 0 aliphatic carbocycles. The van der Waals surface area contributed by atoms with Gasteiger partial charge in [-0.25, -0.2) is 4.98 Å². The molecule has 158 valence electrons. The molecule has 0 bridgehead atoms. The lowest BCUT2D eigenvalue weighted by atomic mass is 10.1. The summed E-state index contributed by atoms with van der Waals surface area (Å²) in [4.78, 5) is 19.4. The van der Waals surface area contributed by atoms with Crippen LogP contribution in [0.5, 0.6) is 5.75 Å². The highest BCUT2D eigenvalue weighted by molar-refractivity contribution is 5.96. The molecule has 5 heteroatoms. The number of nitrogens with zero attached hydrogens (tertiary/aromatic N) is 3. The zero-order valence-corrected chi connectivity index (χ0v) is 18.0. The van der Waals surface area contributed by atoms with Crippen molar-refractivity contribution in [3.8, 4) is 5.75 Å². The van der Waals surface area contributed by atoms with E-state index in [0.29, 0.717) is 24.5 Å². The van der Waals surface area contributed by atoms with Crippen molar-refractivity contribution < 1.29 is 9.53 Å². The molecular weight excluding hydrogens is 386 g/mol. The Morgan fingerprint density at radius 3 is 2.61 bits per heavy atom. The van der Waals surface area contributed by atoms with Crippen molar-refractivity contribution in [3.05, 3.63) is 102 Å². The van der Waals surface area contributed by atoms with Crippen molar-refractivity contribution in [2.24, 2.45) is 0 Å². The summed E-state index contributed by atoms with van der Waals surface area (Å²) in [5.41, 5.74) is 4.72. The van der Waals surface area contributed by atoms with Crippen LogP contribution in [-0.2, 0) is 13.0 Å². The average molecular weight is 414 g/mol. The standard InChI is InChI=1S/C26H27N3O2/c1-20-10-8-17-29-18-22(27-25(20)29)19-31-24-15-7-6-14-23(24)26(30)28(2)16-9-13-21-11-4-3-5-12-21/h3-8,10-12,14-15,17-18H,9,13,16,19H2,1-2H3. The normalized spacial score (nSPS) is 10.9. The Kier molecular flexibility index (Phi) is 6.32. The second kappa shape index (κ2) is 9.47. The minimum atomic E-state index is -0.0329. The van der Waals surface area contributed by atoms with Gasteiger partial charge in [0.2, 0.25) is 0 Å². The molecule has 2 aromatic carbocycles. The first-order valence-corrected chi connectivity index (χ1v) is 10.6. The van der Waals surface area contributed by atoms with Crippen LogP contribution in [0.15, 0.2) is 79.1 Å². The maximum atomic E-state index is 13.0. The zero-order chi connectivity index (χ0) is 21.6. The van der Waals surface area contributed by atoms with Gasteiger partial charge in [-0.1, -0.05) is 48.5 Å². The van der Waals surface area contributed by atoms with Gasteiger partial charge in [0, 0.05) is 26.0 Å². The van der Waals surface area contributed by atoms with Crippen LogP contribution in [0.2, 0.25) is 0 Å². The van der Waals surface area contributed by atoms with E-state index < -0.39 is 0 Å². The van der Waals surface area contributed by atoms with Crippen molar-refractivity contribution in [2.75, 3.05) is 13.6 Å². The fourth-order valence-corrected chi connectivity index (χ4v) is 3.67. The predicted molar refractivity (Wildman–Crippen MR) is 122 cm³/mol. The molecule has 0 spiro atoms. The van der Waals surface area contributed by atoms with E-state index in [0.717, 1.165) is 29.7 Å². The molecule has 31 heavy (non-hydrogen) atoms. The first-order chi connectivity index (χ1) is 15.1. The summed E-state index contributed by atoms with van der Waals surface area (Å²) in [6.07, 6.45) is 5.79. The van der Waals surface area contributed by atoms with E-state index in [1.54, 1.807) is 4.90 Å². The SMILES string of the molecule is Cc1cccn2cc(COc3ccccc3C(=O)N(C)CCCc3ccccc3)nc12. The number of para-hydroxylation sites is 1. The van der Waals surface area contributed by atoms with Crippen LogP contribution in [0.25, 0.3) is 5.65 Å². The summed E-state index contributed by atoms with van der Waals surface area (Å²) in [5.74, 6) is 0.547. The maximum Gasteiger partial charge on any atom is 0.257 e. The lowest BCUT2D eigenvalue weighted by Gasteiger charge is -2.19. The highest BCUT2D eigenvalue weighted by Gasteiger charge is 2.17. The molecule has 0 radical (unpaired) electrons. The Hall–Kier alpha value is -3.60. The summed E-state index contributed by atoms with van der Waals surface area (Å²) >= 11 is 0. The van der Waals surface area contributed by atoms with Gasteiger partial charge in [-0.3, -0.25) is 4.79 Å². The van der Waals surface area contributed by atoms with Gasteiger partial charge >= 0.3 is 0 Å². The Labute approximate surface area is 182 Å². The van der Waals surface area contributed by atoms with Crippen LogP contribution < -0.4 is 4.74 Å². The molecular formula is C26H27N3O2. The molecule has 0 aliphatic heterocycles. The number of rotatable bonds is 8. The number of aromatic nitrogens is 2. The van der Waals surface area contributed by atoms with E-state index in [9.17, 15) is 4.79 Å². The van der Waals surface area contributed by atoms with Crippen LogP contribution >= 0.6 is 0 Å². The molecule has 0 saturated heterocycles. The largest absolute Gasteiger partial charge is 0.486 e. The van der Waals surface area contributed by atoms with Gasteiger partial charge in [0.1, 0.15) is 18.0 Å². The zero-order valence-electron chi connectivity index (χ0n) is 18.0. The number of hydrogen-bond acceptors (Lipinski definition) is 3. The molecule has 5 nitrogen and oxygen atoms in total. The predicted octanol–water partition coefficient (Wildman–Crippen LogP) is 4.93. The van der Waals surface area contributed by atoms with E-state index in [2.05, 4.69) is 17.1 Å². The molecule has 0 atom stereocenters. The van der Waals surface area contributed by atoms with Crippen LogP contribution in [0, 0.1) is 6.92 Å². The Balaban J connectivity index is 1.39. The first-order valence-electron chi connectivity index (χ1n) is 10.6. The lowest BCUT2D eigenvalue weighted by molar-refractivity contribution is 0.0788. The van der Waals surface area contributed by atoms with Crippen LogP contribution in [0.3, 0.4) is 0 Å². The number of imidazole rings is 1. The number of fused-ring (bicyclic) bond motifs is 1. The highest BCUT2D eigenvalue weighted by Crippen LogP contribution is 2.21. The number of hydrogen-bond donors (Lipinski definition) is 0. The molecule has 0 N–H and O–H groups in total. The second-order valence-corrected chi connectivity index (χ2v) is 7.76. The summed E-state index contributed by atoms with van der Waals surface area (Å²) in [6, 6.07) is 21.8. The summed E-state index contributed by atoms with van der Waals surface area (Å²) < 4.78 is 8.01. The topological polar surface area (TPSA) is 46.8 Å². The number of amides is 1. The summed E-state index contributed by atoms with van der Waals surface area (Å²) in [7, 11) is 1.84. The van der Waals surface area contributed by atoms with Crippen molar-refractivity contribution in [2.45, 2.75) is 26.4 Å². The fourth-order valence-electron chi connectivity index (χ4n) is 3.67.